The molecule has 128 valence electrons. The van der Waals surface area contributed by atoms with Crippen molar-refractivity contribution >= 4 is 33.4 Å². The predicted molar refractivity (Wildman–Crippen MR) is 91.0 cm³/mol. The molecule has 2 aromatic heterocycles. The van der Waals surface area contributed by atoms with Gasteiger partial charge in [-0.3, -0.25) is 9.59 Å². The summed E-state index contributed by atoms with van der Waals surface area (Å²) in [5, 5.41) is 21.7. The number of carboxylic acids is 1. The molecule has 3 rings (SSSR count). The van der Waals surface area contributed by atoms with Gasteiger partial charge in [-0.25, -0.2) is 9.97 Å². The molecule has 0 radical (unpaired) electrons. The molecule has 0 unspecified atom stereocenters. The molecule has 1 amide bonds. The maximum Gasteiger partial charge on any atom is 0.322 e. The lowest BCUT2D eigenvalue weighted by Gasteiger charge is -2.03. The highest BCUT2D eigenvalue weighted by atomic mass is 32.1. The number of methoxy groups -OCH3 is 1. The second-order valence-corrected chi connectivity index (χ2v) is 5.99. The van der Waals surface area contributed by atoms with E-state index in [0.29, 0.717) is 21.0 Å². The number of carbonyl (C=O) groups is 2. The van der Waals surface area contributed by atoms with Crippen LogP contribution in [0.1, 0.15) is 10.5 Å². The van der Waals surface area contributed by atoms with Gasteiger partial charge in [0.05, 0.1) is 13.3 Å². The van der Waals surface area contributed by atoms with Crippen molar-refractivity contribution in [3.8, 4) is 22.1 Å². The highest BCUT2D eigenvalue weighted by Crippen LogP contribution is 2.36. The molecule has 3 N–H and O–H groups in total. The summed E-state index contributed by atoms with van der Waals surface area (Å²) in [6.07, 6.45) is 1.37. The number of fused-ring (bicyclic) bond motifs is 1. The fraction of sp³-hybridized carbons (Fsp3) is 0.125. The number of pyridine rings is 1. The van der Waals surface area contributed by atoms with E-state index < -0.39 is 18.4 Å². The second kappa shape index (κ2) is 6.73. The van der Waals surface area contributed by atoms with Crippen LogP contribution in [0.2, 0.25) is 0 Å². The first-order valence-corrected chi connectivity index (χ1v) is 7.94. The molecule has 0 saturated carbocycles. The highest BCUT2D eigenvalue weighted by Gasteiger charge is 2.19. The number of aliphatic carboxylic acids is 1. The molecule has 25 heavy (non-hydrogen) atoms. The Bertz CT molecular complexity index is 952. The number of amides is 1. The van der Waals surface area contributed by atoms with Gasteiger partial charge >= 0.3 is 5.97 Å². The van der Waals surface area contributed by atoms with Gasteiger partial charge < -0.3 is 20.3 Å². The Kier molecular flexibility index (Phi) is 4.48. The minimum Gasteiger partial charge on any atom is -0.504 e. The Morgan fingerprint density at radius 2 is 2.00 bits per heavy atom. The van der Waals surface area contributed by atoms with Crippen molar-refractivity contribution in [2.24, 2.45) is 0 Å². The average Bonchev–Trinajstić information content (AvgIpc) is 3.05. The number of hydrogen-bond donors (Lipinski definition) is 3. The van der Waals surface area contributed by atoms with Crippen LogP contribution in [-0.2, 0) is 4.79 Å². The van der Waals surface area contributed by atoms with Crippen LogP contribution in [-0.4, -0.2) is 45.7 Å². The van der Waals surface area contributed by atoms with E-state index in [2.05, 4.69) is 15.3 Å². The van der Waals surface area contributed by atoms with Gasteiger partial charge in [0.2, 0.25) is 0 Å². The normalized spacial score (nSPS) is 10.6. The molecule has 0 bridgehead atoms. The van der Waals surface area contributed by atoms with Crippen molar-refractivity contribution in [2.75, 3.05) is 13.7 Å². The van der Waals surface area contributed by atoms with Gasteiger partial charge in [0.15, 0.2) is 11.4 Å². The van der Waals surface area contributed by atoms with Crippen LogP contribution in [0, 0.1) is 0 Å². The summed E-state index contributed by atoms with van der Waals surface area (Å²) >= 11 is 1.21. The molecule has 1 aromatic carbocycles. The smallest absolute Gasteiger partial charge is 0.322 e. The van der Waals surface area contributed by atoms with Crippen LogP contribution in [0.25, 0.3) is 20.8 Å². The molecule has 2 heterocycles. The van der Waals surface area contributed by atoms with E-state index in [4.69, 9.17) is 9.84 Å². The molecule has 0 aliphatic rings. The van der Waals surface area contributed by atoms with Crippen LogP contribution in [0.3, 0.4) is 0 Å². The van der Waals surface area contributed by atoms with Gasteiger partial charge in [-0.15, -0.1) is 11.3 Å². The van der Waals surface area contributed by atoms with Crippen molar-refractivity contribution in [3.63, 3.8) is 0 Å². The van der Waals surface area contributed by atoms with Gasteiger partial charge in [-0.2, -0.15) is 0 Å². The van der Waals surface area contributed by atoms with Crippen molar-refractivity contribution in [3.05, 3.63) is 36.2 Å². The van der Waals surface area contributed by atoms with Crippen molar-refractivity contribution < 1.29 is 24.5 Å². The van der Waals surface area contributed by atoms with E-state index in [9.17, 15) is 14.7 Å². The number of carbonyl (C=O) groups excluding carboxylic acids is 1. The minimum atomic E-state index is -1.19. The number of thiazole rings is 1. The van der Waals surface area contributed by atoms with Crippen molar-refractivity contribution in [1.29, 1.82) is 0 Å². The summed E-state index contributed by atoms with van der Waals surface area (Å²) in [7, 11) is 1.58. The first-order chi connectivity index (χ1) is 12.0. The third-order valence-corrected chi connectivity index (χ3v) is 4.49. The Labute approximate surface area is 145 Å². The molecule has 9 heteroatoms. The molecule has 0 atom stereocenters. The standard InChI is InChI=1S/C16H13N3O5S/c1-24-9-4-2-8(3-5-9)16-19-10-6-17-12(13(22)14(10)25-16)15(23)18-7-11(20)21/h2-6,22H,7H2,1H3,(H,18,23)(H,20,21). The fourth-order valence-corrected chi connectivity index (χ4v) is 3.13. The summed E-state index contributed by atoms with van der Waals surface area (Å²) < 4.78 is 5.52. The van der Waals surface area contributed by atoms with Crippen LogP contribution in [0.15, 0.2) is 30.5 Å². The number of ether oxygens (including phenoxy) is 1. The lowest BCUT2D eigenvalue weighted by molar-refractivity contribution is -0.135. The summed E-state index contributed by atoms with van der Waals surface area (Å²) in [6.45, 7) is -0.558. The van der Waals surface area contributed by atoms with Gasteiger partial charge in [0.25, 0.3) is 5.91 Å². The summed E-state index contributed by atoms with van der Waals surface area (Å²) in [5.41, 5.74) is 1.04. The highest BCUT2D eigenvalue weighted by molar-refractivity contribution is 7.22. The lowest BCUT2D eigenvalue weighted by Crippen LogP contribution is -2.29. The second-order valence-electron chi connectivity index (χ2n) is 4.99. The van der Waals surface area contributed by atoms with Crippen LogP contribution < -0.4 is 10.1 Å². The van der Waals surface area contributed by atoms with Crippen molar-refractivity contribution in [1.82, 2.24) is 15.3 Å². The van der Waals surface area contributed by atoms with Crippen molar-refractivity contribution in [2.45, 2.75) is 0 Å². The number of nitrogens with zero attached hydrogens (tertiary/aromatic N) is 2. The Hall–Kier alpha value is -3.20. The maximum atomic E-state index is 11.9. The zero-order chi connectivity index (χ0) is 18.0. The number of aromatic nitrogens is 2. The molecule has 0 fully saturated rings. The van der Waals surface area contributed by atoms with Gasteiger partial charge in [0, 0.05) is 5.56 Å². The molecule has 3 aromatic rings. The number of carboxylic acid groups (broad SMARTS) is 1. The number of benzene rings is 1. The van der Waals surface area contributed by atoms with Gasteiger partial charge in [0.1, 0.15) is 27.5 Å². The fourth-order valence-electron chi connectivity index (χ4n) is 2.15. The first kappa shape index (κ1) is 16.7. The zero-order valence-electron chi connectivity index (χ0n) is 13.0. The number of hydrogen-bond acceptors (Lipinski definition) is 7. The largest absolute Gasteiger partial charge is 0.504 e. The van der Waals surface area contributed by atoms with E-state index >= 15 is 0 Å². The van der Waals surface area contributed by atoms with Crippen LogP contribution in [0.4, 0.5) is 0 Å². The molecule has 0 aliphatic heterocycles. The monoisotopic (exact) mass is 359 g/mol. The maximum absolute atomic E-state index is 11.9. The topological polar surface area (TPSA) is 122 Å². The SMILES string of the molecule is COc1ccc(-c2nc3cnc(C(=O)NCC(=O)O)c(O)c3s2)cc1. The number of rotatable bonds is 5. The average molecular weight is 359 g/mol. The predicted octanol–water partition coefficient (Wildman–Crippen LogP) is 1.89. The Morgan fingerprint density at radius 1 is 1.28 bits per heavy atom. The summed E-state index contributed by atoms with van der Waals surface area (Å²) in [5.74, 6) is -1.56. The first-order valence-electron chi connectivity index (χ1n) is 7.12. The minimum absolute atomic E-state index is 0.237. The van der Waals surface area contributed by atoms with E-state index in [1.165, 1.54) is 17.5 Å². The van der Waals surface area contributed by atoms with Crippen LogP contribution in [0.5, 0.6) is 11.5 Å². The number of aromatic hydroxyl groups is 1. The number of nitrogens with one attached hydrogen (secondary N) is 1. The van der Waals surface area contributed by atoms with E-state index in [1.807, 2.05) is 12.1 Å². The molecule has 8 nitrogen and oxygen atoms in total. The third kappa shape index (κ3) is 3.36. The third-order valence-electron chi connectivity index (χ3n) is 3.36. The zero-order valence-corrected chi connectivity index (χ0v) is 13.8. The molecular weight excluding hydrogens is 346 g/mol. The Balaban J connectivity index is 1.96. The summed E-state index contributed by atoms with van der Waals surface area (Å²) in [6, 6.07) is 7.26. The van der Waals surface area contributed by atoms with E-state index in [1.54, 1.807) is 19.2 Å². The lowest BCUT2D eigenvalue weighted by atomic mass is 10.2. The molecule has 0 aliphatic carbocycles. The summed E-state index contributed by atoms with van der Waals surface area (Å²) in [4.78, 5) is 30.7. The van der Waals surface area contributed by atoms with E-state index in [0.717, 1.165) is 5.56 Å². The molecule has 0 spiro atoms. The van der Waals surface area contributed by atoms with Gasteiger partial charge in [-0.05, 0) is 24.3 Å². The quantitative estimate of drug-likeness (QED) is 0.636. The molecule has 0 saturated heterocycles. The van der Waals surface area contributed by atoms with Crippen LogP contribution >= 0.6 is 11.3 Å². The van der Waals surface area contributed by atoms with Gasteiger partial charge in [-0.1, -0.05) is 0 Å². The van der Waals surface area contributed by atoms with E-state index in [-0.39, 0.29) is 11.4 Å². The Morgan fingerprint density at radius 3 is 2.64 bits per heavy atom. The molecular formula is C16H13N3O5S.